The smallest absolute Gasteiger partial charge is 0.230 e. The summed E-state index contributed by atoms with van der Waals surface area (Å²) in [5, 5.41) is 1.32. The van der Waals surface area contributed by atoms with Gasteiger partial charge in [-0.1, -0.05) is 37.3 Å². The summed E-state index contributed by atoms with van der Waals surface area (Å²) in [4.78, 5) is 21.5. The van der Waals surface area contributed by atoms with Gasteiger partial charge in [-0.15, -0.1) is 0 Å². The first kappa shape index (κ1) is 21.8. The van der Waals surface area contributed by atoms with Gasteiger partial charge >= 0.3 is 0 Å². The molecule has 3 aromatic rings. The van der Waals surface area contributed by atoms with E-state index < -0.39 is 0 Å². The molecule has 33 heavy (non-hydrogen) atoms. The Balaban J connectivity index is 1.55. The number of aromatic amines is 1. The van der Waals surface area contributed by atoms with Crippen molar-refractivity contribution in [3.8, 4) is 5.75 Å². The number of carbonyl (C=O) groups excluding carboxylic acids is 1. The molecule has 0 bridgehead atoms. The fourth-order valence-corrected chi connectivity index (χ4v) is 5.59. The van der Waals surface area contributed by atoms with E-state index in [0.717, 1.165) is 44.8 Å². The van der Waals surface area contributed by atoms with Gasteiger partial charge in [0.2, 0.25) is 5.91 Å². The predicted octanol–water partition coefficient (Wildman–Crippen LogP) is 4.88. The highest BCUT2D eigenvalue weighted by molar-refractivity contribution is 5.99. The molecule has 5 rings (SSSR count). The summed E-state index contributed by atoms with van der Waals surface area (Å²) in [5.41, 5.74) is 6.32. The number of ether oxygens (including phenoxy) is 1. The van der Waals surface area contributed by atoms with Crippen LogP contribution in [0.3, 0.4) is 0 Å². The SMILES string of the molecule is CCCN(CC)C(=O)[C@H]1C=C2c3cccc4[nH]cc(c34)C[C@H]2N(Cc2cccc(OC)c2)C1. The van der Waals surface area contributed by atoms with Crippen LogP contribution < -0.4 is 4.74 Å². The molecule has 0 radical (unpaired) electrons. The molecule has 1 aliphatic carbocycles. The molecule has 1 aliphatic heterocycles. The molecule has 0 spiro atoms. The number of carbonyl (C=O) groups is 1. The number of hydrogen-bond acceptors (Lipinski definition) is 3. The second-order valence-corrected chi connectivity index (χ2v) is 9.19. The Morgan fingerprint density at radius 2 is 2.06 bits per heavy atom. The molecule has 1 amide bonds. The Kier molecular flexibility index (Phi) is 5.98. The van der Waals surface area contributed by atoms with Crippen LogP contribution in [0.5, 0.6) is 5.75 Å². The van der Waals surface area contributed by atoms with Crippen molar-refractivity contribution < 1.29 is 9.53 Å². The monoisotopic (exact) mass is 443 g/mol. The van der Waals surface area contributed by atoms with Gasteiger partial charge in [0.1, 0.15) is 5.75 Å². The lowest BCUT2D eigenvalue weighted by atomic mass is 9.79. The molecule has 0 saturated carbocycles. The van der Waals surface area contributed by atoms with Crippen LogP contribution in [0.25, 0.3) is 16.5 Å². The lowest BCUT2D eigenvalue weighted by Crippen LogP contribution is -2.49. The minimum absolute atomic E-state index is 0.135. The van der Waals surface area contributed by atoms with Crippen LogP contribution in [0, 0.1) is 5.92 Å². The molecular formula is C28H33N3O2. The Morgan fingerprint density at radius 3 is 2.85 bits per heavy atom. The highest BCUT2D eigenvalue weighted by Gasteiger charge is 2.38. The van der Waals surface area contributed by atoms with Crippen molar-refractivity contribution >= 4 is 22.4 Å². The molecule has 1 aromatic heterocycles. The maximum absolute atomic E-state index is 13.6. The predicted molar refractivity (Wildman–Crippen MR) is 133 cm³/mol. The Bertz CT molecular complexity index is 1190. The number of methoxy groups -OCH3 is 1. The van der Waals surface area contributed by atoms with Crippen molar-refractivity contribution in [2.45, 2.75) is 39.3 Å². The standard InChI is InChI=1S/C28H33N3O2/c1-4-12-30(5-2)28(32)21-14-24-23-10-7-11-25-27(23)20(16-29-25)15-26(24)31(18-21)17-19-8-6-9-22(13-19)33-3/h6-11,13-14,16,21,26,29H,4-5,12,15,17-18H2,1-3H3/t21-,26+/m0/s1. The summed E-state index contributed by atoms with van der Waals surface area (Å²) >= 11 is 0. The van der Waals surface area contributed by atoms with Crippen LogP contribution in [0.1, 0.15) is 37.0 Å². The number of hydrogen-bond donors (Lipinski definition) is 1. The van der Waals surface area contributed by atoms with E-state index in [-0.39, 0.29) is 17.9 Å². The van der Waals surface area contributed by atoms with Gasteiger partial charge in [0.15, 0.2) is 0 Å². The summed E-state index contributed by atoms with van der Waals surface area (Å²) in [5.74, 6) is 0.978. The summed E-state index contributed by atoms with van der Waals surface area (Å²) in [6.45, 7) is 7.30. The zero-order valence-corrected chi connectivity index (χ0v) is 19.8. The highest BCUT2D eigenvalue weighted by Crippen LogP contribution is 2.42. The Hall–Kier alpha value is -3.05. The molecule has 1 N–H and O–H groups in total. The number of aromatic nitrogens is 1. The zero-order valence-electron chi connectivity index (χ0n) is 19.8. The van der Waals surface area contributed by atoms with E-state index in [4.69, 9.17) is 4.74 Å². The maximum atomic E-state index is 13.6. The van der Waals surface area contributed by atoms with Crippen molar-refractivity contribution in [3.63, 3.8) is 0 Å². The van der Waals surface area contributed by atoms with E-state index in [9.17, 15) is 4.79 Å². The summed E-state index contributed by atoms with van der Waals surface area (Å²) < 4.78 is 5.46. The number of nitrogens with one attached hydrogen (secondary N) is 1. The highest BCUT2D eigenvalue weighted by atomic mass is 16.5. The van der Waals surface area contributed by atoms with E-state index >= 15 is 0 Å². The van der Waals surface area contributed by atoms with E-state index in [1.165, 1.54) is 33.2 Å². The quantitative estimate of drug-likeness (QED) is 0.566. The Morgan fingerprint density at radius 1 is 1.21 bits per heavy atom. The van der Waals surface area contributed by atoms with Gasteiger partial charge in [-0.25, -0.2) is 0 Å². The third kappa shape index (κ3) is 3.95. The molecule has 2 atom stereocenters. The minimum atomic E-state index is -0.135. The minimum Gasteiger partial charge on any atom is -0.497 e. The second kappa shape index (κ2) is 9.06. The first-order chi connectivity index (χ1) is 16.1. The van der Waals surface area contributed by atoms with E-state index in [1.54, 1.807) is 7.11 Å². The Labute approximate surface area is 196 Å². The van der Waals surface area contributed by atoms with Crippen LogP contribution in [-0.4, -0.2) is 53.5 Å². The number of amides is 1. The first-order valence-electron chi connectivity index (χ1n) is 12.1. The van der Waals surface area contributed by atoms with Gasteiger partial charge in [0.05, 0.1) is 13.0 Å². The van der Waals surface area contributed by atoms with Crippen LogP contribution in [-0.2, 0) is 17.8 Å². The van der Waals surface area contributed by atoms with Gasteiger partial charge < -0.3 is 14.6 Å². The fourth-order valence-electron chi connectivity index (χ4n) is 5.59. The number of fused-ring (bicyclic) bond motifs is 2. The molecule has 0 fully saturated rings. The molecule has 2 aliphatic rings. The molecule has 5 heteroatoms. The van der Waals surface area contributed by atoms with E-state index in [1.807, 2.05) is 17.0 Å². The van der Waals surface area contributed by atoms with Crippen LogP contribution in [0.2, 0.25) is 0 Å². The molecule has 0 saturated heterocycles. The molecule has 2 aromatic carbocycles. The fraction of sp³-hybridized carbons (Fsp3) is 0.393. The summed E-state index contributed by atoms with van der Waals surface area (Å²) in [6, 6.07) is 15.0. The van der Waals surface area contributed by atoms with E-state index in [2.05, 4.69) is 66.3 Å². The van der Waals surface area contributed by atoms with Crippen molar-refractivity contribution in [1.82, 2.24) is 14.8 Å². The van der Waals surface area contributed by atoms with Crippen molar-refractivity contribution in [2.24, 2.45) is 5.92 Å². The third-order valence-electron chi connectivity index (χ3n) is 7.15. The number of benzene rings is 2. The maximum Gasteiger partial charge on any atom is 0.230 e. The largest absolute Gasteiger partial charge is 0.497 e. The van der Waals surface area contributed by atoms with Crippen LogP contribution in [0.15, 0.2) is 54.7 Å². The van der Waals surface area contributed by atoms with Crippen molar-refractivity contribution in [3.05, 3.63) is 71.4 Å². The van der Waals surface area contributed by atoms with Gasteiger partial charge in [-0.05, 0) is 60.2 Å². The average molecular weight is 444 g/mol. The third-order valence-corrected chi connectivity index (χ3v) is 7.15. The molecule has 5 nitrogen and oxygen atoms in total. The average Bonchev–Trinajstić information content (AvgIpc) is 3.27. The van der Waals surface area contributed by atoms with Crippen LogP contribution in [0.4, 0.5) is 0 Å². The number of H-pyrrole nitrogens is 1. The van der Waals surface area contributed by atoms with Gasteiger partial charge in [0.25, 0.3) is 0 Å². The van der Waals surface area contributed by atoms with Gasteiger partial charge in [-0.2, -0.15) is 0 Å². The molecule has 172 valence electrons. The number of nitrogens with zero attached hydrogens (tertiary/aromatic N) is 2. The first-order valence-corrected chi connectivity index (χ1v) is 12.1. The number of rotatable bonds is 7. The van der Waals surface area contributed by atoms with Gasteiger partial charge in [-0.3, -0.25) is 9.69 Å². The summed E-state index contributed by atoms with van der Waals surface area (Å²) in [6.07, 6.45) is 6.37. The van der Waals surface area contributed by atoms with Gasteiger partial charge in [0, 0.05) is 49.3 Å². The van der Waals surface area contributed by atoms with Crippen molar-refractivity contribution in [1.29, 1.82) is 0 Å². The second-order valence-electron chi connectivity index (χ2n) is 9.19. The van der Waals surface area contributed by atoms with Crippen molar-refractivity contribution in [2.75, 3.05) is 26.7 Å². The zero-order chi connectivity index (χ0) is 22.9. The van der Waals surface area contributed by atoms with E-state index in [0.29, 0.717) is 0 Å². The molecule has 2 heterocycles. The lowest BCUT2D eigenvalue weighted by molar-refractivity contribution is -0.134. The summed E-state index contributed by atoms with van der Waals surface area (Å²) in [7, 11) is 1.71. The topological polar surface area (TPSA) is 48.6 Å². The molecule has 0 unspecified atom stereocenters. The van der Waals surface area contributed by atoms with Crippen LogP contribution >= 0.6 is 0 Å². The normalized spacial score (nSPS) is 19.8. The lowest BCUT2D eigenvalue weighted by Gasteiger charge is -2.42. The molecular weight excluding hydrogens is 410 g/mol.